The molecule has 1 heterocycles. The average molecular weight is 371 g/mol. The Balaban J connectivity index is 2.12. The van der Waals surface area contributed by atoms with Crippen molar-refractivity contribution in [3.05, 3.63) is 36.4 Å². The van der Waals surface area contributed by atoms with Gasteiger partial charge in [0, 0.05) is 34.0 Å². The van der Waals surface area contributed by atoms with Gasteiger partial charge in [-0.2, -0.15) is 0 Å². The van der Waals surface area contributed by atoms with Gasteiger partial charge in [0.05, 0.1) is 19.7 Å². The van der Waals surface area contributed by atoms with Crippen LogP contribution < -0.4 is 9.47 Å². The molecule has 0 aliphatic rings. The summed E-state index contributed by atoms with van der Waals surface area (Å²) < 4.78 is 11.1. The maximum absolute atomic E-state index is 5.59. The molecule has 0 aliphatic heterocycles. The highest BCUT2D eigenvalue weighted by atomic mass is 32.2. The van der Waals surface area contributed by atoms with E-state index in [1.807, 2.05) is 23.9 Å². The SMILES string of the molecule is CCN(CC)CCSc1c2ccccc2nc2c(OC)cc(OC)cc12. The Labute approximate surface area is 159 Å². The molecule has 1 aromatic heterocycles. The van der Waals surface area contributed by atoms with Gasteiger partial charge in [-0.25, -0.2) is 4.98 Å². The topological polar surface area (TPSA) is 34.6 Å². The minimum absolute atomic E-state index is 0.746. The number of benzene rings is 2. The van der Waals surface area contributed by atoms with E-state index in [1.165, 1.54) is 10.3 Å². The lowest BCUT2D eigenvalue weighted by molar-refractivity contribution is 0.324. The molecule has 0 unspecified atom stereocenters. The second-order valence-electron chi connectivity index (χ2n) is 6.06. The molecule has 0 fully saturated rings. The quantitative estimate of drug-likeness (QED) is 0.419. The van der Waals surface area contributed by atoms with Crippen molar-refractivity contribution in [2.45, 2.75) is 18.7 Å². The van der Waals surface area contributed by atoms with Crippen LogP contribution in [-0.2, 0) is 0 Å². The van der Waals surface area contributed by atoms with Crippen molar-refractivity contribution in [2.24, 2.45) is 0 Å². The number of thioether (sulfide) groups is 1. The monoisotopic (exact) mass is 370 g/mol. The van der Waals surface area contributed by atoms with Crippen molar-refractivity contribution < 1.29 is 9.47 Å². The molecule has 0 saturated carbocycles. The number of pyridine rings is 1. The molecular formula is C21H26N2O2S. The van der Waals surface area contributed by atoms with E-state index in [0.717, 1.165) is 53.3 Å². The number of fused-ring (bicyclic) bond motifs is 2. The number of para-hydroxylation sites is 1. The van der Waals surface area contributed by atoms with Gasteiger partial charge >= 0.3 is 0 Å². The number of rotatable bonds is 8. The Morgan fingerprint density at radius 1 is 1.00 bits per heavy atom. The number of hydrogen-bond acceptors (Lipinski definition) is 5. The first-order valence-electron chi connectivity index (χ1n) is 9.01. The Morgan fingerprint density at radius 3 is 2.46 bits per heavy atom. The molecule has 26 heavy (non-hydrogen) atoms. The summed E-state index contributed by atoms with van der Waals surface area (Å²) in [6, 6.07) is 12.3. The van der Waals surface area contributed by atoms with Gasteiger partial charge < -0.3 is 14.4 Å². The van der Waals surface area contributed by atoms with Crippen molar-refractivity contribution in [1.29, 1.82) is 0 Å². The van der Waals surface area contributed by atoms with Crippen LogP contribution in [0.4, 0.5) is 0 Å². The second kappa shape index (κ2) is 8.60. The molecule has 2 aromatic carbocycles. The van der Waals surface area contributed by atoms with E-state index in [-0.39, 0.29) is 0 Å². The average Bonchev–Trinajstić information content (AvgIpc) is 2.69. The molecule has 138 valence electrons. The Kier molecular flexibility index (Phi) is 6.22. The maximum Gasteiger partial charge on any atom is 0.148 e. The van der Waals surface area contributed by atoms with E-state index in [0.29, 0.717) is 0 Å². The molecule has 5 heteroatoms. The van der Waals surface area contributed by atoms with Crippen molar-refractivity contribution in [3.63, 3.8) is 0 Å². The highest BCUT2D eigenvalue weighted by molar-refractivity contribution is 7.99. The van der Waals surface area contributed by atoms with Gasteiger partial charge in [-0.3, -0.25) is 0 Å². The maximum atomic E-state index is 5.59. The largest absolute Gasteiger partial charge is 0.497 e. The summed E-state index contributed by atoms with van der Waals surface area (Å²) in [5.41, 5.74) is 1.88. The third kappa shape index (κ3) is 3.74. The number of methoxy groups -OCH3 is 2. The van der Waals surface area contributed by atoms with E-state index in [2.05, 4.69) is 43.0 Å². The molecular weight excluding hydrogens is 344 g/mol. The van der Waals surface area contributed by atoms with Crippen LogP contribution >= 0.6 is 11.8 Å². The number of nitrogens with zero attached hydrogens (tertiary/aromatic N) is 2. The minimum atomic E-state index is 0.746. The van der Waals surface area contributed by atoms with Gasteiger partial charge in [-0.1, -0.05) is 32.0 Å². The zero-order valence-corrected chi connectivity index (χ0v) is 16.7. The lowest BCUT2D eigenvalue weighted by atomic mass is 10.1. The minimum Gasteiger partial charge on any atom is -0.497 e. The predicted octanol–water partition coefficient (Wildman–Crippen LogP) is 4.84. The zero-order chi connectivity index (χ0) is 18.5. The molecule has 0 N–H and O–H groups in total. The molecule has 0 saturated heterocycles. The number of ether oxygens (including phenoxy) is 2. The second-order valence-corrected chi connectivity index (χ2v) is 7.16. The first-order chi connectivity index (χ1) is 12.7. The van der Waals surface area contributed by atoms with Crippen molar-refractivity contribution in [2.75, 3.05) is 39.6 Å². The molecule has 3 aromatic rings. The van der Waals surface area contributed by atoms with Crippen LogP contribution in [0.2, 0.25) is 0 Å². The Bertz CT molecular complexity index is 894. The number of hydrogen-bond donors (Lipinski definition) is 0. The summed E-state index contributed by atoms with van der Waals surface area (Å²) in [4.78, 5) is 8.55. The lowest BCUT2D eigenvalue weighted by Crippen LogP contribution is -2.25. The van der Waals surface area contributed by atoms with Crippen LogP contribution in [0.1, 0.15) is 13.8 Å². The zero-order valence-electron chi connectivity index (χ0n) is 15.9. The summed E-state index contributed by atoms with van der Waals surface area (Å²) >= 11 is 1.88. The smallest absolute Gasteiger partial charge is 0.148 e. The Hall–Kier alpha value is -1.98. The van der Waals surface area contributed by atoms with Gasteiger partial charge in [0.1, 0.15) is 17.0 Å². The normalized spacial score (nSPS) is 11.4. The fourth-order valence-electron chi connectivity index (χ4n) is 3.15. The molecule has 0 amide bonds. The van der Waals surface area contributed by atoms with Crippen LogP contribution in [0, 0.1) is 0 Å². The van der Waals surface area contributed by atoms with Crippen LogP contribution in [-0.4, -0.2) is 49.5 Å². The highest BCUT2D eigenvalue weighted by Gasteiger charge is 2.15. The first kappa shape index (κ1) is 18.8. The van der Waals surface area contributed by atoms with Gasteiger partial charge in [-0.15, -0.1) is 11.8 Å². The van der Waals surface area contributed by atoms with E-state index in [1.54, 1.807) is 14.2 Å². The summed E-state index contributed by atoms with van der Waals surface area (Å²) in [5, 5.41) is 2.27. The van der Waals surface area contributed by atoms with Crippen LogP contribution in [0.3, 0.4) is 0 Å². The standard InChI is InChI=1S/C21H26N2O2S/c1-5-23(6-2)11-12-26-21-16-9-7-8-10-18(16)22-20-17(21)13-15(24-3)14-19(20)25-4/h7-10,13-14H,5-6,11-12H2,1-4H3. The van der Waals surface area contributed by atoms with Crippen molar-refractivity contribution in [3.8, 4) is 11.5 Å². The van der Waals surface area contributed by atoms with Crippen LogP contribution in [0.15, 0.2) is 41.3 Å². The van der Waals surface area contributed by atoms with Crippen molar-refractivity contribution >= 4 is 33.6 Å². The molecule has 0 atom stereocenters. The van der Waals surface area contributed by atoms with E-state index < -0.39 is 0 Å². The molecule has 0 bridgehead atoms. The van der Waals surface area contributed by atoms with Gasteiger partial charge in [0.15, 0.2) is 0 Å². The number of aromatic nitrogens is 1. The summed E-state index contributed by atoms with van der Waals surface area (Å²) in [7, 11) is 3.36. The summed E-state index contributed by atoms with van der Waals surface area (Å²) in [6.45, 7) is 7.65. The molecule has 0 aliphatic carbocycles. The van der Waals surface area contributed by atoms with Crippen LogP contribution in [0.5, 0.6) is 11.5 Å². The fourth-order valence-corrected chi connectivity index (χ4v) is 4.34. The highest BCUT2D eigenvalue weighted by Crippen LogP contribution is 2.39. The predicted molar refractivity (Wildman–Crippen MR) is 111 cm³/mol. The molecule has 3 rings (SSSR count). The summed E-state index contributed by atoms with van der Waals surface area (Å²) in [6.07, 6.45) is 0. The molecule has 4 nitrogen and oxygen atoms in total. The van der Waals surface area contributed by atoms with Gasteiger partial charge in [0.25, 0.3) is 0 Å². The third-order valence-corrected chi connectivity index (χ3v) is 5.79. The molecule has 0 spiro atoms. The third-order valence-electron chi connectivity index (χ3n) is 4.68. The van der Waals surface area contributed by atoms with Crippen LogP contribution in [0.25, 0.3) is 21.8 Å². The first-order valence-corrected chi connectivity index (χ1v) is 10.00. The summed E-state index contributed by atoms with van der Waals surface area (Å²) in [5.74, 6) is 2.57. The lowest BCUT2D eigenvalue weighted by Gasteiger charge is -2.18. The van der Waals surface area contributed by atoms with Gasteiger partial charge in [-0.05, 0) is 25.2 Å². The van der Waals surface area contributed by atoms with E-state index >= 15 is 0 Å². The van der Waals surface area contributed by atoms with Gasteiger partial charge in [0.2, 0.25) is 0 Å². The Morgan fingerprint density at radius 2 is 1.77 bits per heavy atom. The van der Waals surface area contributed by atoms with E-state index in [9.17, 15) is 0 Å². The molecule has 0 radical (unpaired) electrons. The van der Waals surface area contributed by atoms with Crippen molar-refractivity contribution in [1.82, 2.24) is 9.88 Å². The fraction of sp³-hybridized carbons (Fsp3) is 0.381. The van der Waals surface area contributed by atoms with E-state index in [4.69, 9.17) is 14.5 Å².